The summed E-state index contributed by atoms with van der Waals surface area (Å²) in [6.45, 7) is 4.42. The second-order valence-electron chi connectivity index (χ2n) is 5.57. The van der Waals surface area contributed by atoms with Crippen molar-refractivity contribution < 1.29 is 13.9 Å². The molecular weight excluding hydrogens is 369 g/mol. The van der Waals surface area contributed by atoms with Crippen molar-refractivity contribution >= 4 is 40.3 Å². The molecule has 1 heterocycles. The molecule has 0 atom stereocenters. The van der Waals surface area contributed by atoms with Gasteiger partial charge in [0.2, 0.25) is 0 Å². The van der Waals surface area contributed by atoms with Gasteiger partial charge in [-0.05, 0) is 41.5 Å². The summed E-state index contributed by atoms with van der Waals surface area (Å²) in [4.78, 5) is 14.4. The molecule has 0 unspecified atom stereocenters. The van der Waals surface area contributed by atoms with Gasteiger partial charge in [0, 0.05) is 6.54 Å². The molecule has 0 saturated carbocycles. The zero-order valence-electron chi connectivity index (χ0n) is 13.9. The first-order valence-corrected chi connectivity index (χ1v) is 9.13. The number of amides is 1. The molecule has 132 valence electrons. The maximum Gasteiger partial charge on any atom is 0.266 e. The second kappa shape index (κ2) is 8.29. The highest BCUT2D eigenvalue weighted by Gasteiger charge is 2.30. The van der Waals surface area contributed by atoms with Crippen molar-refractivity contribution in [3.05, 3.63) is 83.0 Å². The Balaban J connectivity index is 1.64. The summed E-state index contributed by atoms with van der Waals surface area (Å²) < 4.78 is 19.1. The van der Waals surface area contributed by atoms with Crippen molar-refractivity contribution in [1.82, 2.24) is 4.90 Å². The molecule has 2 aromatic rings. The fourth-order valence-corrected chi connectivity index (χ4v) is 3.62. The van der Waals surface area contributed by atoms with E-state index in [2.05, 4.69) is 6.58 Å². The lowest BCUT2D eigenvalue weighted by atomic mass is 10.2. The number of benzene rings is 2. The number of thiocarbonyl (C=S) groups is 1. The molecule has 26 heavy (non-hydrogen) atoms. The highest BCUT2D eigenvalue weighted by molar-refractivity contribution is 8.26. The molecule has 1 saturated heterocycles. The molecule has 0 spiro atoms. The van der Waals surface area contributed by atoms with E-state index in [-0.39, 0.29) is 11.7 Å². The molecule has 0 aromatic heterocycles. The predicted octanol–water partition coefficient (Wildman–Crippen LogP) is 4.79. The number of rotatable bonds is 6. The third kappa shape index (κ3) is 4.39. The Morgan fingerprint density at radius 1 is 1.15 bits per heavy atom. The molecule has 6 heteroatoms. The summed E-state index contributed by atoms with van der Waals surface area (Å²) >= 11 is 6.51. The molecule has 1 amide bonds. The Morgan fingerprint density at radius 2 is 1.85 bits per heavy atom. The number of hydrogen-bond acceptors (Lipinski definition) is 4. The summed E-state index contributed by atoms with van der Waals surface area (Å²) in [6, 6.07) is 13.6. The van der Waals surface area contributed by atoms with Gasteiger partial charge >= 0.3 is 0 Å². The average Bonchev–Trinajstić information content (AvgIpc) is 2.90. The van der Waals surface area contributed by atoms with Crippen LogP contribution in [0.5, 0.6) is 5.75 Å². The zero-order chi connectivity index (χ0) is 18.5. The second-order valence-corrected chi connectivity index (χ2v) is 7.24. The van der Waals surface area contributed by atoms with E-state index in [0.717, 1.165) is 11.1 Å². The molecule has 1 aliphatic heterocycles. The highest BCUT2D eigenvalue weighted by atomic mass is 32.2. The molecule has 0 radical (unpaired) electrons. The van der Waals surface area contributed by atoms with Crippen LogP contribution in [0, 0.1) is 5.82 Å². The van der Waals surface area contributed by atoms with Gasteiger partial charge in [-0.3, -0.25) is 9.69 Å². The number of hydrogen-bond donors (Lipinski definition) is 0. The van der Waals surface area contributed by atoms with E-state index in [4.69, 9.17) is 17.0 Å². The van der Waals surface area contributed by atoms with Gasteiger partial charge in [0.05, 0.1) is 4.91 Å². The number of nitrogens with zero attached hydrogens (tertiary/aromatic N) is 1. The number of carbonyl (C=O) groups is 1. The third-order valence-corrected chi connectivity index (χ3v) is 5.06. The van der Waals surface area contributed by atoms with Crippen LogP contribution in [0.25, 0.3) is 6.08 Å². The minimum absolute atomic E-state index is 0.100. The fraction of sp³-hybridized carbons (Fsp3) is 0.100. The predicted molar refractivity (Wildman–Crippen MR) is 107 cm³/mol. The van der Waals surface area contributed by atoms with Crippen LogP contribution in [-0.4, -0.2) is 21.7 Å². The van der Waals surface area contributed by atoms with Crippen molar-refractivity contribution in [2.24, 2.45) is 0 Å². The van der Waals surface area contributed by atoms with Crippen LogP contribution in [0.2, 0.25) is 0 Å². The van der Waals surface area contributed by atoms with Crippen LogP contribution in [0.4, 0.5) is 4.39 Å². The van der Waals surface area contributed by atoms with Gasteiger partial charge in [-0.15, -0.1) is 6.58 Å². The molecule has 0 N–H and O–H groups in total. The van der Waals surface area contributed by atoms with Gasteiger partial charge in [-0.25, -0.2) is 4.39 Å². The van der Waals surface area contributed by atoms with Crippen molar-refractivity contribution in [2.45, 2.75) is 6.61 Å². The maximum absolute atomic E-state index is 12.9. The lowest BCUT2D eigenvalue weighted by Crippen LogP contribution is -2.27. The number of ether oxygens (including phenoxy) is 1. The highest BCUT2D eigenvalue weighted by Crippen LogP contribution is 2.32. The first-order valence-electron chi connectivity index (χ1n) is 7.90. The van der Waals surface area contributed by atoms with Crippen LogP contribution in [-0.2, 0) is 11.4 Å². The van der Waals surface area contributed by atoms with Gasteiger partial charge in [0.1, 0.15) is 22.5 Å². The zero-order valence-corrected chi connectivity index (χ0v) is 15.5. The van der Waals surface area contributed by atoms with Crippen molar-refractivity contribution in [3.63, 3.8) is 0 Å². The maximum atomic E-state index is 12.9. The summed E-state index contributed by atoms with van der Waals surface area (Å²) in [5.41, 5.74) is 1.78. The summed E-state index contributed by atoms with van der Waals surface area (Å²) in [6.07, 6.45) is 3.47. The Labute approximate surface area is 161 Å². The molecule has 3 rings (SSSR count). The molecule has 0 aliphatic carbocycles. The fourth-order valence-electron chi connectivity index (χ4n) is 2.35. The first kappa shape index (κ1) is 18.4. The van der Waals surface area contributed by atoms with E-state index in [9.17, 15) is 9.18 Å². The molecule has 1 fully saturated rings. The largest absolute Gasteiger partial charge is 0.489 e. The molecular formula is C20H16FNO2S2. The number of halogens is 1. The lowest BCUT2D eigenvalue weighted by molar-refractivity contribution is -0.121. The Bertz CT molecular complexity index is 860. The van der Waals surface area contributed by atoms with E-state index in [1.165, 1.54) is 28.8 Å². The summed E-state index contributed by atoms with van der Waals surface area (Å²) in [5, 5.41) is 0. The van der Waals surface area contributed by atoms with E-state index < -0.39 is 0 Å². The third-order valence-electron chi connectivity index (χ3n) is 3.68. The molecule has 0 bridgehead atoms. The van der Waals surface area contributed by atoms with Crippen molar-refractivity contribution in [3.8, 4) is 5.75 Å². The van der Waals surface area contributed by atoms with E-state index in [1.54, 1.807) is 18.2 Å². The monoisotopic (exact) mass is 385 g/mol. The normalized spacial score (nSPS) is 15.6. The topological polar surface area (TPSA) is 29.5 Å². The van der Waals surface area contributed by atoms with Crippen LogP contribution in [0.3, 0.4) is 0 Å². The minimum atomic E-state index is -0.267. The van der Waals surface area contributed by atoms with Gasteiger partial charge in [0.15, 0.2) is 0 Å². The minimum Gasteiger partial charge on any atom is -0.489 e. The Hall–Kier alpha value is -2.44. The van der Waals surface area contributed by atoms with Crippen molar-refractivity contribution in [2.75, 3.05) is 6.54 Å². The smallest absolute Gasteiger partial charge is 0.266 e. The Kier molecular flexibility index (Phi) is 5.85. The van der Waals surface area contributed by atoms with Gasteiger partial charge < -0.3 is 4.74 Å². The standard InChI is InChI=1S/C20H16FNO2S2/c1-2-11-22-19(23)18(26-20(22)25)12-14-5-9-17(10-6-14)24-13-15-3-7-16(21)8-4-15/h2-10,12H,1,11,13H2/b18-12-. The average molecular weight is 385 g/mol. The molecule has 3 nitrogen and oxygen atoms in total. The lowest BCUT2D eigenvalue weighted by Gasteiger charge is -2.10. The van der Waals surface area contributed by atoms with E-state index >= 15 is 0 Å². The Morgan fingerprint density at radius 3 is 2.50 bits per heavy atom. The number of carbonyl (C=O) groups excluding carboxylic acids is 1. The van der Waals surface area contributed by atoms with Gasteiger partial charge in [0.25, 0.3) is 5.91 Å². The quantitative estimate of drug-likeness (QED) is 0.406. The van der Waals surface area contributed by atoms with Gasteiger partial charge in [-0.1, -0.05) is 54.3 Å². The summed E-state index contributed by atoms with van der Waals surface area (Å²) in [7, 11) is 0. The molecule has 1 aliphatic rings. The van der Waals surface area contributed by atoms with E-state index in [0.29, 0.717) is 28.1 Å². The molecule has 2 aromatic carbocycles. The van der Waals surface area contributed by atoms with Gasteiger partial charge in [-0.2, -0.15) is 0 Å². The van der Waals surface area contributed by atoms with Crippen LogP contribution >= 0.6 is 24.0 Å². The summed E-state index contributed by atoms with van der Waals surface area (Å²) in [5.74, 6) is 0.332. The van der Waals surface area contributed by atoms with Crippen LogP contribution in [0.1, 0.15) is 11.1 Å². The van der Waals surface area contributed by atoms with Crippen LogP contribution < -0.4 is 4.74 Å². The van der Waals surface area contributed by atoms with E-state index in [1.807, 2.05) is 30.3 Å². The first-order chi connectivity index (χ1) is 12.6. The number of thioether (sulfide) groups is 1. The van der Waals surface area contributed by atoms with Crippen molar-refractivity contribution in [1.29, 1.82) is 0 Å². The SMILES string of the molecule is C=CCN1C(=O)/C(=C/c2ccc(OCc3ccc(F)cc3)cc2)SC1=S. The van der Waals surface area contributed by atoms with Crippen LogP contribution in [0.15, 0.2) is 66.1 Å².